The molecule has 1 aromatic carbocycles. The number of benzene rings is 1. The minimum Gasteiger partial charge on any atom is -0.326 e. The molecule has 3 rings (SSSR count). The zero-order valence-electron chi connectivity index (χ0n) is 16.0. The normalized spacial score (nSPS) is 17.4. The third-order valence-electron chi connectivity index (χ3n) is 5.42. The van der Waals surface area contributed by atoms with E-state index in [4.69, 9.17) is 11.6 Å². The fourth-order valence-corrected chi connectivity index (χ4v) is 6.70. The Labute approximate surface area is 175 Å². The van der Waals surface area contributed by atoms with Crippen LogP contribution in [-0.4, -0.2) is 31.7 Å². The van der Waals surface area contributed by atoms with E-state index in [0.29, 0.717) is 30.3 Å². The Morgan fingerprint density at radius 1 is 1.25 bits per heavy atom. The number of aryl methyl sites for hydroxylation is 1. The first-order valence-electron chi connectivity index (χ1n) is 9.47. The van der Waals surface area contributed by atoms with Crippen molar-refractivity contribution in [2.45, 2.75) is 37.3 Å². The van der Waals surface area contributed by atoms with Gasteiger partial charge in [-0.15, -0.1) is 11.3 Å². The second-order valence-electron chi connectivity index (χ2n) is 7.09. The highest BCUT2D eigenvalue weighted by molar-refractivity contribution is 7.91. The molecule has 5 nitrogen and oxygen atoms in total. The van der Waals surface area contributed by atoms with Crippen molar-refractivity contribution >= 4 is 44.6 Å². The third kappa shape index (κ3) is 4.59. The Kier molecular flexibility index (Phi) is 6.81. The Morgan fingerprint density at radius 2 is 1.93 bits per heavy atom. The van der Waals surface area contributed by atoms with Crippen molar-refractivity contribution in [3.8, 4) is 0 Å². The van der Waals surface area contributed by atoms with Crippen LogP contribution in [0.1, 0.15) is 32.3 Å². The van der Waals surface area contributed by atoms with E-state index in [9.17, 15) is 13.2 Å². The number of para-hydroxylation sites is 1. The van der Waals surface area contributed by atoms with Crippen LogP contribution in [0.15, 0.2) is 40.6 Å². The average molecular weight is 441 g/mol. The Balaban J connectivity index is 1.60. The molecule has 1 fully saturated rings. The van der Waals surface area contributed by atoms with Gasteiger partial charge in [0.05, 0.1) is 4.34 Å². The van der Waals surface area contributed by atoms with Crippen molar-refractivity contribution in [3.05, 3.63) is 46.3 Å². The first kappa shape index (κ1) is 21.3. The number of amides is 1. The molecule has 2 aromatic rings. The molecule has 28 heavy (non-hydrogen) atoms. The summed E-state index contributed by atoms with van der Waals surface area (Å²) in [5.41, 5.74) is 1.97. The molecule has 0 unspecified atom stereocenters. The number of carbonyl (C=O) groups excluding carboxylic acids is 1. The number of anilines is 1. The summed E-state index contributed by atoms with van der Waals surface area (Å²) in [5, 5.41) is 3.04. The van der Waals surface area contributed by atoms with Gasteiger partial charge in [0.25, 0.3) is 10.0 Å². The lowest BCUT2D eigenvalue weighted by Gasteiger charge is -2.33. The van der Waals surface area contributed by atoms with Crippen LogP contribution < -0.4 is 5.32 Å². The number of carbonyl (C=O) groups is 1. The highest BCUT2D eigenvalue weighted by Crippen LogP contribution is 2.32. The van der Waals surface area contributed by atoms with Gasteiger partial charge in [-0.3, -0.25) is 4.79 Å². The van der Waals surface area contributed by atoms with Gasteiger partial charge < -0.3 is 5.32 Å². The number of hydrogen-bond acceptors (Lipinski definition) is 4. The van der Waals surface area contributed by atoms with E-state index in [1.54, 1.807) is 12.1 Å². The molecule has 1 N–H and O–H groups in total. The van der Waals surface area contributed by atoms with Gasteiger partial charge >= 0.3 is 0 Å². The van der Waals surface area contributed by atoms with Crippen molar-refractivity contribution < 1.29 is 13.2 Å². The predicted octanol–water partition coefficient (Wildman–Crippen LogP) is 4.64. The van der Waals surface area contributed by atoms with E-state index in [2.05, 4.69) is 12.2 Å². The van der Waals surface area contributed by atoms with Gasteiger partial charge in [-0.25, -0.2) is 8.42 Å². The number of hydrogen-bond donors (Lipinski definition) is 1. The Bertz CT molecular complexity index is 934. The number of rotatable bonds is 6. The van der Waals surface area contributed by atoms with Crippen molar-refractivity contribution in [1.82, 2.24) is 4.31 Å². The lowest BCUT2D eigenvalue weighted by atomic mass is 9.85. The molecule has 1 atom stereocenters. The molecule has 1 saturated heterocycles. The van der Waals surface area contributed by atoms with Crippen molar-refractivity contribution in [3.63, 3.8) is 0 Å². The second-order valence-corrected chi connectivity index (χ2v) is 11.0. The second kappa shape index (κ2) is 8.95. The molecular formula is C20H25ClN2O3S2. The Hall–Kier alpha value is -1.41. The fourth-order valence-electron chi connectivity index (χ4n) is 3.59. The van der Waals surface area contributed by atoms with E-state index in [0.717, 1.165) is 29.0 Å². The summed E-state index contributed by atoms with van der Waals surface area (Å²) >= 11 is 6.96. The topological polar surface area (TPSA) is 66.5 Å². The van der Waals surface area contributed by atoms with Crippen LogP contribution in [0.5, 0.6) is 0 Å². The van der Waals surface area contributed by atoms with Crippen LogP contribution in [-0.2, 0) is 21.2 Å². The maximum absolute atomic E-state index is 12.7. The number of nitrogens with zero attached hydrogens (tertiary/aromatic N) is 1. The monoisotopic (exact) mass is 440 g/mol. The van der Waals surface area contributed by atoms with Crippen molar-refractivity contribution in [2.75, 3.05) is 18.4 Å². The number of thiophene rings is 1. The van der Waals surface area contributed by atoms with Gasteiger partial charge in [0.1, 0.15) is 4.21 Å². The molecule has 0 spiro atoms. The minimum atomic E-state index is -3.50. The van der Waals surface area contributed by atoms with Gasteiger partial charge in [0, 0.05) is 24.7 Å². The number of nitrogens with one attached hydrogen (secondary N) is 1. The number of halogens is 1. The summed E-state index contributed by atoms with van der Waals surface area (Å²) < 4.78 is 27.7. The fraction of sp³-hybridized carbons (Fsp3) is 0.450. The average Bonchev–Trinajstić information content (AvgIpc) is 3.15. The molecule has 0 radical (unpaired) electrons. The summed E-state index contributed by atoms with van der Waals surface area (Å²) in [5.74, 6) is -0.0228. The summed E-state index contributed by atoms with van der Waals surface area (Å²) in [7, 11) is -3.50. The predicted molar refractivity (Wildman–Crippen MR) is 114 cm³/mol. The van der Waals surface area contributed by atoms with Crippen LogP contribution in [0.25, 0.3) is 0 Å². The highest BCUT2D eigenvalue weighted by atomic mass is 35.5. The highest BCUT2D eigenvalue weighted by Gasteiger charge is 2.34. The lowest BCUT2D eigenvalue weighted by Crippen LogP contribution is -2.41. The molecule has 1 amide bonds. The van der Waals surface area contributed by atoms with Crippen molar-refractivity contribution in [2.24, 2.45) is 11.8 Å². The lowest BCUT2D eigenvalue weighted by molar-refractivity contribution is -0.121. The van der Waals surface area contributed by atoms with Crippen molar-refractivity contribution in [1.29, 1.82) is 0 Å². The smallest absolute Gasteiger partial charge is 0.252 e. The molecule has 1 aliphatic rings. The van der Waals surface area contributed by atoms with Crippen LogP contribution >= 0.6 is 22.9 Å². The molecule has 8 heteroatoms. The van der Waals surface area contributed by atoms with Crippen LogP contribution in [0.4, 0.5) is 5.69 Å². The van der Waals surface area contributed by atoms with Crippen LogP contribution in [0.3, 0.4) is 0 Å². The molecule has 2 heterocycles. The molecule has 1 aromatic heterocycles. The molecule has 0 aliphatic carbocycles. The van der Waals surface area contributed by atoms with Gasteiger partial charge in [-0.05, 0) is 48.9 Å². The summed E-state index contributed by atoms with van der Waals surface area (Å²) in [4.78, 5) is 12.7. The molecular weight excluding hydrogens is 416 g/mol. The zero-order valence-corrected chi connectivity index (χ0v) is 18.4. The number of piperidine rings is 1. The SMILES string of the molecule is CCc1ccccc1NC(=O)[C@H](C)C1CCN(S(=O)(=O)c2ccc(Cl)s2)CC1. The van der Waals surface area contributed by atoms with E-state index < -0.39 is 10.0 Å². The quantitative estimate of drug-likeness (QED) is 0.711. The first-order valence-corrected chi connectivity index (χ1v) is 12.1. The molecule has 0 saturated carbocycles. The maximum Gasteiger partial charge on any atom is 0.252 e. The summed E-state index contributed by atoms with van der Waals surface area (Å²) in [6.45, 7) is 4.83. The van der Waals surface area contributed by atoms with Gasteiger partial charge in [-0.1, -0.05) is 43.6 Å². The molecule has 0 bridgehead atoms. The number of sulfonamides is 1. The minimum absolute atomic E-state index is 0.00718. The van der Waals surface area contributed by atoms with Crippen LogP contribution in [0.2, 0.25) is 4.34 Å². The molecule has 152 valence electrons. The van der Waals surface area contributed by atoms with Gasteiger partial charge in [0.15, 0.2) is 0 Å². The van der Waals surface area contributed by atoms with E-state index >= 15 is 0 Å². The standard InChI is InChI=1S/C20H25ClN2O3S2/c1-3-15-6-4-5-7-17(15)22-20(24)14(2)16-10-12-23(13-11-16)28(25,26)19-9-8-18(21)27-19/h4-9,14,16H,3,10-13H2,1-2H3,(H,22,24)/t14-/m1/s1. The third-order valence-corrected chi connectivity index (χ3v) is 9.02. The van der Waals surface area contributed by atoms with E-state index in [1.165, 1.54) is 4.31 Å². The van der Waals surface area contributed by atoms with E-state index in [1.807, 2.05) is 31.2 Å². The first-order chi connectivity index (χ1) is 13.3. The largest absolute Gasteiger partial charge is 0.326 e. The van der Waals surface area contributed by atoms with Gasteiger partial charge in [-0.2, -0.15) is 4.31 Å². The summed E-state index contributed by atoms with van der Waals surface area (Å²) in [6.07, 6.45) is 2.19. The zero-order chi connectivity index (χ0) is 20.3. The van der Waals surface area contributed by atoms with Gasteiger partial charge in [0.2, 0.25) is 5.91 Å². The molecule has 1 aliphatic heterocycles. The Morgan fingerprint density at radius 3 is 2.54 bits per heavy atom. The van der Waals surface area contributed by atoms with E-state index in [-0.39, 0.29) is 22.0 Å². The maximum atomic E-state index is 12.7. The van der Waals surface area contributed by atoms with Crippen LogP contribution in [0, 0.1) is 11.8 Å². The summed E-state index contributed by atoms with van der Waals surface area (Å²) in [6, 6.07) is 11.0.